The average Bonchev–Trinajstić information content (AvgIpc) is 3.57. The standard InChI is InChI=1S/C27H29N5O6/c1-30-7-9-31(10-8-30)23(33)17-4-3-16-12-22(38-21(16)11-17)27(25(35)28-26(36)29-27)15-32-14-18-5-6-19(37-2)13-20(18)24(32)34/h3-6,11-13,26,29,36H,7-10,14-15H2,1-2H3,(H,28,35). The average molecular weight is 520 g/mol. The molecule has 0 bridgehead atoms. The van der Waals surface area contributed by atoms with E-state index in [1.807, 2.05) is 18.0 Å². The molecular weight excluding hydrogens is 490 g/mol. The van der Waals surface area contributed by atoms with E-state index in [2.05, 4.69) is 15.5 Å². The summed E-state index contributed by atoms with van der Waals surface area (Å²) in [6, 6.07) is 12.2. The van der Waals surface area contributed by atoms with Crippen molar-refractivity contribution in [3.63, 3.8) is 0 Å². The fraction of sp³-hybridized carbons (Fsp3) is 0.370. The van der Waals surface area contributed by atoms with Crippen LogP contribution in [-0.4, -0.2) is 90.8 Å². The molecule has 198 valence electrons. The Morgan fingerprint density at radius 3 is 2.63 bits per heavy atom. The predicted molar refractivity (Wildman–Crippen MR) is 136 cm³/mol. The van der Waals surface area contributed by atoms with E-state index in [9.17, 15) is 19.5 Å². The maximum absolute atomic E-state index is 13.2. The zero-order valence-corrected chi connectivity index (χ0v) is 21.2. The second kappa shape index (κ2) is 9.12. The largest absolute Gasteiger partial charge is 0.497 e. The molecule has 11 nitrogen and oxygen atoms in total. The fourth-order valence-corrected chi connectivity index (χ4v) is 5.41. The Morgan fingerprint density at radius 2 is 1.92 bits per heavy atom. The van der Waals surface area contributed by atoms with Crippen LogP contribution in [0, 0.1) is 0 Å². The number of carbonyl (C=O) groups excluding carboxylic acids is 3. The number of fused-ring (bicyclic) bond motifs is 2. The third kappa shape index (κ3) is 3.99. The summed E-state index contributed by atoms with van der Waals surface area (Å²) in [7, 11) is 3.57. The van der Waals surface area contributed by atoms with Gasteiger partial charge >= 0.3 is 0 Å². The normalized spacial score (nSPS) is 23.7. The third-order valence-corrected chi connectivity index (χ3v) is 7.64. The van der Waals surface area contributed by atoms with Gasteiger partial charge in [-0.15, -0.1) is 0 Å². The lowest BCUT2D eigenvalue weighted by molar-refractivity contribution is -0.125. The number of amides is 3. The molecule has 0 spiro atoms. The van der Waals surface area contributed by atoms with Crippen molar-refractivity contribution in [1.82, 2.24) is 25.3 Å². The first-order chi connectivity index (χ1) is 18.3. The molecule has 2 saturated heterocycles. The van der Waals surface area contributed by atoms with Gasteiger partial charge in [0.25, 0.3) is 17.7 Å². The molecule has 0 aliphatic carbocycles. The van der Waals surface area contributed by atoms with Gasteiger partial charge in [-0.3, -0.25) is 19.7 Å². The number of hydrogen-bond acceptors (Lipinski definition) is 8. The highest BCUT2D eigenvalue weighted by Crippen LogP contribution is 2.35. The molecule has 0 radical (unpaired) electrons. The van der Waals surface area contributed by atoms with E-state index in [4.69, 9.17) is 9.15 Å². The van der Waals surface area contributed by atoms with Crippen LogP contribution in [0.1, 0.15) is 32.0 Å². The number of furan rings is 1. The molecule has 3 aromatic rings. The number of benzene rings is 2. The molecule has 3 aliphatic rings. The van der Waals surface area contributed by atoms with Crippen LogP contribution in [0.3, 0.4) is 0 Å². The maximum Gasteiger partial charge on any atom is 0.254 e. The van der Waals surface area contributed by atoms with Crippen LogP contribution in [0.2, 0.25) is 0 Å². The van der Waals surface area contributed by atoms with E-state index in [0.717, 1.165) is 18.7 Å². The van der Waals surface area contributed by atoms with Crippen molar-refractivity contribution in [3.05, 3.63) is 64.9 Å². The highest BCUT2D eigenvalue weighted by Gasteiger charge is 2.52. The number of rotatable bonds is 5. The van der Waals surface area contributed by atoms with E-state index < -0.39 is 17.8 Å². The van der Waals surface area contributed by atoms with Crippen LogP contribution in [0.5, 0.6) is 5.75 Å². The van der Waals surface area contributed by atoms with Crippen molar-refractivity contribution in [2.45, 2.75) is 18.4 Å². The van der Waals surface area contributed by atoms with Crippen LogP contribution in [-0.2, 0) is 16.9 Å². The number of piperazine rings is 1. The summed E-state index contributed by atoms with van der Waals surface area (Å²) in [5.74, 6) is -0.0210. The van der Waals surface area contributed by atoms with Crippen LogP contribution in [0.4, 0.5) is 0 Å². The second-order valence-electron chi connectivity index (χ2n) is 10.1. The van der Waals surface area contributed by atoms with Gasteiger partial charge in [-0.25, -0.2) is 0 Å². The van der Waals surface area contributed by atoms with Gasteiger partial charge in [0.2, 0.25) is 0 Å². The predicted octanol–water partition coefficient (Wildman–Crippen LogP) is 0.676. The first kappa shape index (κ1) is 24.4. The van der Waals surface area contributed by atoms with Gasteiger partial charge in [-0.2, -0.15) is 0 Å². The lowest BCUT2D eigenvalue weighted by atomic mass is 9.95. The van der Waals surface area contributed by atoms with Crippen LogP contribution >= 0.6 is 0 Å². The number of nitrogens with zero attached hydrogens (tertiary/aromatic N) is 3. The summed E-state index contributed by atoms with van der Waals surface area (Å²) in [6.07, 6.45) is -1.31. The fourth-order valence-electron chi connectivity index (χ4n) is 5.41. The zero-order valence-electron chi connectivity index (χ0n) is 21.2. The van der Waals surface area contributed by atoms with Crippen molar-refractivity contribution < 1.29 is 28.6 Å². The molecule has 2 aromatic carbocycles. The van der Waals surface area contributed by atoms with Crippen LogP contribution < -0.4 is 15.4 Å². The van der Waals surface area contributed by atoms with E-state index in [0.29, 0.717) is 47.5 Å². The number of methoxy groups -OCH3 is 1. The van der Waals surface area contributed by atoms with Crippen molar-refractivity contribution in [2.75, 3.05) is 46.9 Å². The van der Waals surface area contributed by atoms with Crippen LogP contribution in [0.25, 0.3) is 11.0 Å². The number of aliphatic hydroxyl groups is 1. The van der Waals surface area contributed by atoms with Crippen molar-refractivity contribution in [1.29, 1.82) is 0 Å². The van der Waals surface area contributed by atoms with Gasteiger partial charge in [0.05, 0.1) is 13.7 Å². The maximum atomic E-state index is 13.2. The molecule has 6 rings (SSSR count). The number of likely N-dealkylation sites (N-methyl/N-ethyl adjacent to an activating group) is 1. The molecule has 3 amide bonds. The number of nitrogens with one attached hydrogen (secondary N) is 2. The molecule has 4 heterocycles. The number of ether oxygens (including phenoxy) is 1. The molecule has 2 unspecified atom stereocenters. The third-order valence-electron chi connectivity index (χ3n) is 7.64. The summed E-state index contributed by atoms with van der Waals surface area (Å²) in [6.45, 7) is 3.17. The molecular formula is C27H29N5O6. The van der Waals surface area contributed by atoms with E-state index in [1.165, 1.54) is 7.11 Å². The van der Waals surface area contributed by atoms with Gasteiger partial charge in [0.1, 0.15) is 17.1 Å². The minimum Gasteiger partial charge on any atom is -0.497 e. The van der Waals surface area contributed by atoms with Gasteiger partial charge < -0.3 is 34.3 Å². The molecule has 1 aromatic heterocycles. The number of aliphatic hydroxyl groups excluding tert-OH is 1. The van der Waals surface area contributed by atoms with Crippen molar-refractivity contribution in [2.24, 2.45) is 0 Å². The second-order valence-corrected chi connectivity index (χ2v) is 10.1. The van der Waals surface area contributed by atoms with Gasteiger partial charge in [0.15, 0.2) is 11.9 Å². The number of hydrogen-bond donors (Lipinski definition) is 3. The van der Waals surface area contributed by atoms with E-state index in [1.54, 1.807) is 41.3 Å². The lowest BCUT2D eigenvalue weighted by Crippen LogP contribution is -2.53. The lowest BCUT2D eigenvalue weighted by Gasteiger charge is -2.32. The topological polar surface area (TPSA) is 128 Å². The molecule has 2 atom stereocenters. The smallest absolute Gasteiger partial charge is 0.254 e. The Hall–Kier alpha value is -3.93. The first-order valence-corrected chi connectivity index (χ1v) is 12.5. The summed E-state index contributed by atoms with van der Waals surface area (Å²) in [4.78, 5) is 45.1. The monoisotopic (exact) mass is 519 g/mol. The van der Waals surface area contributed by atoms with Crippen LogP contribution in [0.15, 0.2) is 46.9 Å². The summed E-state index contributed by atoms with van der Waals surface area (Å²) >= 11 is 0. The summed E-state index contributed by atoms with van der Waals surface area (Å²) < 4.78 is 11.4. The quantitative estimate of drug-likeness (QED) is 0.449. The Balaban J connectivity index is 1.31. The van der Waals surface area contributed by atoms with Gasteiger partial charge in [-0.1, -0.05) is 12.1 Å². The molecule has 2 fully saturated rings. The minimum atomic E-state index is -1.53. The summed E-state index contributed by atoms with van der Waals surface area (Å²) in [5.41, 5.74) is 0.745. The zero-order chi connectivity index (χ0) is 26.6. The molecule has 3 aliphatic heterocycles. The Labute approximate surface area is 218 Å². The highest BCUT2D eigenvalue weighted by atomic mass is 16.5. The molecule has 38 heavy (non-hydrogen) atoms. The highest BCUT2D eigenvalue weighted by molar-refractivity contribution is 6.00. The summed E-state index contributed by atoms with van der Waals surface area (Å²) in [5, 5.41) is 16.3. The Bertz CT molecular complexity index is 1440. The Kier molecular flexibility index (Phi) is 5.86. The van der Waals surface area contributed by atoms with Crippen molar-refractivity contribution >= 4 is 28.7 Å². The Morgan fingerprint density at radius 1 is 1.13 bits per heavy atom. The SMILES string of the molecule is COc1ccc2c(c1)C(=O)N(CC1(c3cc4ccc(C(=O)N5CCN(C)CC5)cc4o3)NC(O)NC1=O)C2. The molecule has 0 saturated carbocycles. The van der Waals surface area contributed by atoms with Gasteiger partial charge in [-0.05, 0) is 42.9 Å². The number of carbonyl (C=O) groups is 3. The molecule has 3 N–H and O–H groups in total. The minimum absolute atomic E-state index is 0.0708. The van der Waals surface area contributed by atoms with Gasteiger partial charge in [0, 0.05) is 49.2 Å². The van der Waals surface area contributed by atoms with Crippen molar-refractivity contribution in [3.8, 4) is 5.75 Å². The van der Waals surface area contributed by atoms with E-state index in [-0.39, 0.29) is 24.1 Å². The van der Waals surface area contributed by atoms with E-state index >= 15 is 0 Å². The first-order valence-electron chi connectivity index (χ1n) is 12.5. The molecule has 11 heteroatoms.